The van der Waals surface area contributed by atoms with Crippen molar-refractivity contribution in [3.63, 3.8) is 0 Å². The van der Waals surface area contributed by atoms with E-state index in [1.807, 2.05) is 0 Å². The molecule has 0 aromatic rings. The molecule has 0 spiro atoms. The van der Waals surface area contributed by atoms with E-state index < -0.39 is 4.67 Å². The van der Waals surface area contributed by atoms with Gasteiger partial charge in [-0.1, -0.05) is 204 Å². The quantitative estimate of drug-likeness (QED) is 0.0617. The van der Waals surface area contributed by atoms with Crippen molar-refractivity contribution in [1.29, 1.82) is 0 Å². The Morgan fingerprint density at radius 2 is 0.568 bits per heavy atom. The molecule has 1 N–H and O–H groups in total. The van der Waals surface area contributed by atoms with E-state index in [0.717, 1.165) is 11.5 Å². The van der Waals surface area contributed by atoms with Gasteiger partial charge in [0.25, 0.3) is 0 Å². The molecule has 0 bridgehead atoms. The van der Waals surface area contributed by atoms with Crippen LogP contribution >= 0.6 is 27.4 Å². The summed E-state index contributed by atoms with van der Waals surface area (Å²) in [6.45, 7) is 4.58. The highest BCUT2D eigenvalue weighted by molar-refractivity contribution is 8.98. The second kappa shape index (κ2) is 31.8. The fraction of sp³-hybridized carbons (Fsp3) is 1.00. The lowest BCUT2D eigenvalue weighted by atomic mass is 10.0. The highest BCUT2D eigenvalue weighted by Gasteiger charge is 2.13. The fourth-order valence-corrected chi connectivity index (χ4v) is 11.9. The van der Waals surface area contributed by atoms with E-state index in [1.54, 1.807) is 22.8 Å². The van der Waals surface area contributed by atoms with Gasteiger partial charge in [0.2, 0.25) is 0 Å². The Hall–Kier alpha value is 1.31. The molecule has 0 aromatic heterocycles. The molecule has 0 unspecified atom stereocenters. The Morgan fingerprint density at radius 1 is 0.378 bits per heavy atom. The zero-order chi connectivity index (χ0) is 27.1. The molecule has 0 saturated heterocycles. The first-order valence-corrected chi connectivity index (χ1v) is 22.7. The molecule has 224 valence electrons. The van der Waals surface area contributed by atoms with Crippen molar-refractivity contribution in [2.45, 2.75) is 194 Å². The lowest BCUT2D eigenvalue weighted by Crippen LogP contribution is -1.85. The average Bonchev–Trinajstić information content (AvgIpc) is 2.88. The molecule has 0 atom stereocenters. The van der Waals surface area contributed by atoms with Crippen LogP contribution in [0.15, 0.2) is 0 Å². The van der Waals surface area contributed by atoms with E-state index in [-0.39, 0.29) is 0 Å². The van der Waals surface area contributed by atoms with Crippen LogP contribution in [0.25, 0.3) is 0 Å². The molecule has 5 heteroatoms. The van der Waals surface area contributed by atoms with Crippen molar-refractivity contribution < 1.29 is 4.89 Å². The van der Waals surface area contributed by atoms with Crippen LogP contribution in [0.3, 0.4) is 0 Å². The molecule has 0 aliphatic rings. The van der Waals surface area contributed by atoms with Crippen LogP contribution in [-0.4, -0.2) is 16.4 Å². The zero-order valence-electron chi connectivity index (χ0n) is 25.3. The van der Waals surface area contributed by atoms with Crippen LogP contribution in [0.4, 0.5) is 0 Å². The molecule has 0 saturated carbocycles. The van der Waals surface area contributed by atoms with Crippen molar-refractivity contribution in [2.24, 2.45) is 0 Å². The van der Waals surface area contributed by atoms with Crippen LogP contribution in [0, 0.1) is 0 Å². The highest BCUT2D eigenvalue weighted by Crippen LogP contribution is 2.66. The molecule has 0 rings (SSSR count). The van der Waals surface area contributed by atoms with E-state index in [0.29, 0.717) is 0 Å². The van der Waals surface area contributed by atoms with Gasteiger partial charge in [-0.2, -0.15) is 0 Å². The largest absolute Gasteiger partial charge is 0.350 e. The first-order chi connectivity index (χ1) is 18.1. The van der Waals surface area contributed by atoms with Crippen LogP contribution in [-0.2, 0) is 11.8 Å². The summed E-state index contributed by atoms with van der Waals surface area (Å²) in [5.41, 5.74) is 0. The number of unbranched alkanes of at least 4 members (excludes halogenated alkanes) is 26. The van der Waals surface area contributed by atoms with Gasteiger partial charge < -0.3 is 4.89 Å². The molecule has 0 aliphatic carbocycles. The smallest absolute Gasteiger partial charge is 0.172 e. The highest BCUT2D eigenvalue weighted by atomic mass is 33.2. The maximum absolute atomic E-state index is 10.6. The zero-order valence-corrected chi connectivity index (χ0v) is 28.7. The fourth-order valence-electron chi connectivity index (χ4n) is 4.99. The second-order valence-electron chi connectivity index (χ2n) is 11.3. The van der Waals surface area contributed by atoms with Crippen molar-refractivity contribution in [1.82, 2.24) is 0 Å². The Balaban J connectivity index is 3.28. The lowest BCUT2D eigenvalue weighted by Gasteiger charge is -2.13. The Kier molecular flexibility index (Phi) is 33.0. The van der Waals surface area contributed by atoms with Crippen LogP contribution in [0.2, 0.25) is 0 Å². The minimum atomic E-state index is -2.20. The average molecular weight is 595 g/mol. The summed E-state index contributed by atoms with van der Waals surface area (Å²) in [5, 5.41) is 0. The molecular formula is C32H67OPS3. The van der Waals surface area contributed by atoms with Crippen molar-refractivity contribution in [2.75, 3.05) is 11.5 Å². The van der Waals surface area contributed by atoms with Gasteiger partial charge in [-0.05, 0) is 24.6 Å². The summed E-state index contributed by atoms with van der Waals surface area (Å²) in [7, 11) is 0. The number of hydrogen-bond acceptors (Lipinski definition) is 3. The van der Waals surface area contributed by atoms with Gasteiger partial charge in [-0.3, -0.25) is 0 Å². The molecule has 0 aliphatic heterocycles. The number of rotatable bonds is 32. The Morgan fingerprint density at radius 3 is 0.784 bits per heavy atom. The Bertz CT molecular complexity index is 437. The molecule has 0 fully saturated rings. The van der Waals surface area contributed by atoms with Gasteiger partial charge >= 0.3 is 0 Å². The summed E-state index contributed by atoms with van der Waals surface area (Å²) in [6, 6.07) is 0. The van der Waals surface area contributed by atoms with Gasteiger partial charge in [0.15, 0.2) is 4.67 Å². The second-order valence-corrected chi connectivity index (χ2v) is 22.0. The van der Waals surface area contributed by atoms with Gasteiger partial charge in [0.1, 0.15) is 0 Å². The van der Waals surface area contributed by atoms with E-state index in [9.17, 15) is 4.89 Å². The van der Waals surface area contributed by atoms with Crippen molar-refractivity contribution in [3.8, 4) is 0 Å². The van der Waals surface area contributed by atoms with E-state index in [4.69, 9.17) is 11.8 Å². The molecule has 1 nitrogen and oxygen atoms in total. The van der Waals surface area contributed by atoms with Crippen LogP contribution in [0.1, 0.15) is 194 Å². The first kappa shape index (κ1) is 38.3. The van der Waals surface area contributed by atoms with Crippen molar-refractivity contribution >= 4 is 39.2 Å². The third kappa shape index (κ3) is 33.4. The summed E-state index contributed by atoms with van der Waals surface area (Å²) < 4.78 is -2.20. The summed E-state index contributed by atoms with van der Waals surface area (Å²) in [5.74, 6) is 2.11. The monoisotopic (exact) mass is 594 g/mol. The molecule has 0 heterocycles. The molecule has 0 radical (unpaired) electrons. The lowest BCUT2D eigenvalue weighted by molar-refractivity contribution is 0.538. The van der Waals surface area contributed by atoms with Gasteiger partial charge in [-0.15, -0.1) is 0 Å². The van der Waals surface area contributed by atoms with E-state index in [1.165, 1.54) is 180 Å². The molecule has 0 aromatic carbocycles. The SMILES string of the molecule is CCCCCCCCCCCCCCCCSP(O)(=S)SCCCCCCCCCCCCCCCC. The van der Waals surface area contributed by atoms with E-state index in [2.05, 4.69) is 13.8 Å². The summed E-state index contributed by atoms with van der Waals surface area (Å²) in [4.78, 5) is 10.6. The molecular weight excluding hydrogens is 528 g/mol. The third-order valence-corrected chi connectivity index (χ3v) is 15.9. The van der Waals surface area contributed by atoms with E-state index >= 15 is 0 Å². The van der Waals surface area contributed by atoms with Crippen LogP contribution in [0.5, 0.6) is 0 Å². The summed E-state index contributed by atoms with van der Waals surface area (Å²) in [6.07, 6.45) is 39.1. The molecule has 0 amide bonds. The van der Waals surface area contributed by atoms with Gasteiger partial charge in [0.05, 0.1) is 0 Å². The standard InChI is InChI=1S/C32H67OPS3/c1-3-5-7-9-11-13-15-17-19-21-23-25-27-29-31-36-34(33,35)37-32-30-28-26-24-22-20-18-16-14-12-10-8-6-4-2/h3-32H2,1-2H3,(H,33,35). The minimum absolute atomic E-state index is 1.05. The maximum atomic E-state index is 10.6. The topological polar surface area (TPSA) is 20.2 Å². The van der Waals surface area contributed by atoms with Crippen LogP contribution < -0.4 is 0 Å². The van der Waals surface area contributed by atoms with Crippen molar-refractivity contribution in [3.05, 3.63) is 0 Å². The minimum Gasteiger partial charge on any atom is -0.350 e. The Labute approximate surface area is 248 Å². The van der Waals surface area contributed by atoms with Gasteiger partial charge in [0, 0.05) is 11.5 Å². The first-order valence-electron chi connectivity index (χ1n) is 16.7. The normalized spacial score (nSPS) is 12.0. The predicted molar refractivity (Wildman–Crippen MR) is 182 cm³/mol. The maximum Gasteiger partial charge on any atom is 0.172 e. The third-order valence-electron chi connectivity index (χ3n) is 7.50. The van der Waals surface area contributed by atoms with Gasteiger partial charge in [-0.25, -0.2) is 0 Å². The predicted octanol–water partition coefficient (Wildman–Crippen LogP) is 13.6. The summed E-state index contributed by atoms with van der Waals surface area (Å²) >= 11 is 8.92. The number of hydrogen-bond donors (Lipinski definition) is 1. The molecule has 37 heavy (non-hydrogen) atoms.